The Balaban J connectivity index is 1.53. The number of rotatable bonds is 3. The highest BCUT2D eigenvalue weighted by molar-refractivity contribution is 7.19. The smallest absolute Gasteiger partial charge is 0.317 e. The van der Waals surface area contributed by atoms with Crippen molar-refractivity contribution in [3.05, 3.63) is 28.8 Å². The molecule has 8 heteroatoms. The van der Waals surface area contributed by atoms with Crippen molar-refractivity contribution in [2.75, 3.05) is 37.6 Å². The third-order valence-corrected chi connectivity index (χ3v) is 6.92. The number of thiophene rings is 1. The molecular formula is C21H25N5O2S. The fourth-order valence-electron chi connectivity index (χ4n) is 4.27. The number of anilines is 1. The highest BCUT2D eigenvalue weighted by Crippen LogP contribution is 2.41. The third-order valence-electron chi connectivity index (χ3n) is 5.73. The second kappa shape index (κ2) is 7.67. The van der Waals surface area contributed by atoms with E-state index in [1.54, 1.807) is 6.26 Å². The van der Waals surface area contributed by atoms with E-state index < -0.39 is 0 Å². The molecule has 5 rings (SSSR count). The molecule has 1 N–H and O–H groups in total. The minimum atomic E-state index is 0.0178. The number of urea groups is 1. The molecule has 7 nitrogen and oxygen atoms in total. The molecule has 3 aromatic rings. The monoisotopic (exact) mass is 411 g/mol. The number of amides is 2. The second-order valence-corrected chi connectivity index (χ2v) is 8.63. The number of hydrogen-bond donors (Lipinski definition) is 1. The van der Waals surface area contributed by atoms with E-state index >= 15 is 0 Å². The summed E-state index contributed by atoms with van der Waals surface area (Å²) in [6.45, 7) is 5.52. The van der Waals surface area contributed by atoms with Gasteiger partial charge in [-0.05, 0) is 50.3 Å². The molecule has 1 aliphatic heterocycles. The van der Waals surface area contributed by atoms with Crippen molar-refractivity contribution in [2.45, 2.75) is 32.6 Å². The van der Waals surface area contributed by atoms with Gasteiger partial charge in [0.25, 0.3) is 0 Å². The van der Waals surface area contributed by atoms with Crippen LogP contribution in [0.5, 0.6) is 0 Å². The number of aryl methyl sites for hydroxylation is 2. The number of nitrogens with zero attached hydrogens (tertiary/aromatic N) is 4. The molecule has 0 spiro atoms. The summed E-state index contributed by atoms with van der Waals surface area (Å²) in [5.74, 6) is 2.33. The average Bonchev–Trinajstić information content (AvgIpc) is 3.41. The van der Waals surface area contributed by atoms with Gasteiger partial charge in [-0.3, -0.25) is 0 Å². The predicted molar refractivity (Wildman–Crippen MR) is 115 cm³/mol. The lowest BCUT2D eigenvalue weighted by Crippen LogP contribution is -2.52. The largest absolute Gasteiger partial charge is 0.461 e. The normalized spacial score (nSPS) is 16.9. The van der Waals surface area contributed by atoms with Gasteiger partial charge < -0.3 is 19.5 Å². The number of nitrogens with one attached hydrogen (secondary N) is 1. The van der Waals surface area contributed by atoms with E-state index in [0.29, 0.717) is 31.2 Å². The molecule has 152 valence electrons. The number of furan rings is 1. The molecule has 0 unspecified atom stereocenters. The van der Waals surface area contributed by atoms with E-state index in [2.05, 4.69) is 10.2 Å². The maximum Gasteiger partial charge on any atom is 0.317 e. The van der Waals surface area contributed by atoms with E-state index in [1.807, 2.05) is 35.3 Å². The molecule has 1 aliphatic carbocycles. The molecule has 3 aromatic heterocycles. The number of fused-ring (bicyclic) bond motifs is 3. The fraction of sp³-hybridized carbons (Fsp3) is 0.476. The molecule has 2 amide bonds. The van der Waals surface area contributed by atoms with Crippen LogP contribution in [0.1, 0.15) is 30.2 Å². The van der Waals surface area contributed by atoms with Crippen molar-refractivity contribution in [2.24, 2.45) is 0 Å². The summed E-state index contributed by atoms with van der Waals surface area (Å²) in [6, 6.07) is 3.79. The van der Waals surface area contributed by atoms with Crippen LogP contribution >= 0.6 is 11.3 Å². The Bertz CT molecular complexity index is 1020. The Morgan fingerprint density at radius 2 is 2.03 bits per heavy atom. The van der Waals surface area contributed by atoms with E-state index in [4.69, 9.17) is 14.4 Å². The Kier molecular flexibility index (Phi) is 4.87. The van der Waals surface area contributed by atoms with Gasteiger partial charge in [-0.2, -0.15) is 0 Å². The second-order valence-electron chi connectivity index (χ2n) is 7.55. The summed E-state index contributed by atoms with van der Waals surface area (Å²) in [7, 11) is 0. The van der Waals surface area contributed by atoms with Crippen molar-refractivity contribution in [1.82, 2.24) is 20.2 Å². The quantitative estimate of drug-likeness (QED) is 0.712. The van der Waals surface area contributed by atoms with Gasteiger partial charge in [0.2, 0.25) is 0 Å². The first-order valence-electron chi connectivity index (χ1n) is 10.4. The highest BCUT2D eigenvalue weighted by atomic mass is 32.1. The SMILES string of the molecule is CCNC(=O)N1CCN(c2nc(-c3ccco3)nc3sc4c(c23)CCCC4)CC1. The topological polar surface area (TPSA) is 74.5 Å². The Hall–Kier alpha value is -2.61. The standard InChI is InChI=1S/C21H25N5O2S/c1-2-22-21(27)26-11-9-25(10-12-26)19-17-14-6-3-4-8-16(14)29-20(17)24-18(23-19)15-7-5-13-28-15/h5,7,13H,2-4,6,8-12H2,1H3,(H,22,27). The van der Waals surface area contributed by atoms with Gasteiger partial charge >= 0.3 is 6.03 Å². The van der Waals surface area contributed by atoms with E-state index in [-0.39, 0.29) is 6.03 Å². The Morgan fingerprint density at radius 3 is 2.79 bits per heavy atom. The average molecular weight is 412 g/mol. The van der Waals surface area contributed by atoms with Crippen molar-refractivity contribution < 1.29 is 9.21 Å². The summed E-state index contributed by atoms with van der Waals surface area (Å²) >= 11 is 1.81. The van der Waals surface area contributed by atoms with E-state index in [1.165, 1.54) is 28.7 Å². The number of aromatic nitrogens is 2. The summed E-state index contributed by atoms with van der Waals surface area (Å²) in [5, 5.41) is 4.11. The summed E-state index contributed by atoms with van der Waals surface area (Å²) < 4.78 is 5.59. The highest BCUT2D eigenvalue weighted by Gasteiger charge is 2.27. The van der Waals surface area contributed by atoms with Crippen LogP contribution in [-0.2, 0) is 12.8 Å². The number of carbonyl (C=O) groups is 1. The molecule has 0 aromatic carbocycles. The van der Waals surface area contributed by atoms with Crippen molar-refractivity contribution in [3.63, 3.8) is 0 Å². The number of hydrogen-bond acceptors (Lipinski definition) is 6. The van der Waals surface area contributed by atoms with Gasteiger partial charge in [-0.1, -0.05) is 0 Å². The summed E-state index contributed by atoms with van der Waals surface area (Å²) in [5.41, 5.74) is 1.43. The van der Waals surface area contributed by atoms with E-state index in [9.17, 15) is 4.79 Å². The molecule has 0 saturated carbocycles. The third kappa shape index (κ3) is 3.35. The maximum atomic E-state index is 12.2. The van der Waals surface area contributed by atoms with Crippen LogP contribution in [0.15, 0.2) is 22.8 Å². The number of piperazine rings is 1. The van der Waals surface area contributed by atoms with Crippen LogP contribution in [0.25, 0.3) is 21.8 Å². The summed E-state index contributed by atoms with van der Waals surface area (Å²) in [4.78, 5) is 28.7. The lowest BCUT2D eigenvalue weighted by molar-refractivity contribution is 0.195. The van der Waals surface area contributed by atoms with Gasteiger partial charge in [0.1, 0.15) is 10.6 Å². The lowest BCUT2D eigenvalue weighted by Gasteiger charge is -2.35. The predicted octanol–water partition coefficient (Wildman–Crippen LogP) is 3.68. The molecule has 0 radical (unpaired) electrons. The van der Waals surface area contributed by atoms with Crippen molar-refractivity contribution >= 4 is 33.4 Å². The first-order chi connectivity index (χ1) is 14.2. The first-order valence-corrected chi connectivity index (χ1v) is 11.2. The zero-order valence-corrected chi connectivity index (χ0v) is 17.4. The van der Waals surface area contributed by atoms with Gasteiger partial charge in [0.05, 0.1) is 11.6 Å². The summed E-state index contributed by atoms with van der Waals surface area (Å²) in [6.07, 6.45) is 6.37. The van der Waals surface area contributed by atoms with Gasteiger partial charge in [-0.25, -0.2) is 14.8 Å². The van der Waals surface area contributed by atoms with Gasteiger partial charge in [0.15, 0.2) is 11.6 Å². The Morgan fingerprint density at radius 1 is 1.21 bits per heavy atom. The zero-order valence-electron chi connectivity index (χ0n) is 16.6. The van der Waals surface area contributed by atoms with Crippen molar-refractivity contribution in [1.29, 1.82) is 0 Å². The molecule has 2 aliphatic rings. The molecular weight excluding hydrogens is 386 g/mol. The molecule has 29 heavy (non-hydrogen) atoms. The van der Waals surface area contributed by atoms with Crippen molar-refractivity contribution in [3.8, 4) is 11.6 Å². The lowest BCUT2D eigenvalue weighted by atomic mass is 9.97. The van der Waals surface area contributed by atoms with Crippen LogP contribution in [0.2, 0.25) is 0 Å². The minimum absolute atomic E-state index is 0.0178. The fourth-order valence-corrected chi connectivity index (χ4v) is 5.52. The van der Waals surface area contributed by atoms with Crippen LogP contribution in [0, 0.1) is 0 Å². The molecule has 0 bridgehead atoms. The van der Waals surface area contributed by atoms with E-state index in [0.717, 1.165) is 36.6 Å². The number of carbonyl (C=O) groups excluding carboxylic acids is 1. The maximum absolute atomic E-state index is 12.2. The van der Waals surface area contributed by atoms with Crippen LogP contribution < -0.4 is 10.2 Å². The van der Waals surface area contributed by atoms with Crippen LogP contribution in [-0.4, -0.2) is 53.6 Å². The van der Waals surface area contributed by atoms with Crippen LogP contribution in [0.3, 0.4) is 0 Å². The minimum Gasteiger partial charge on any atom is -0.461 e. The molecule has 1 fully saturated rings. The van der Waals surface area contributed by atoms with Gasteiger partial charge in [-0.15, -0.1) is 11.3 Å². The molecule has 0 atom stereocenters. The molecule has 4 heterocycles. The zero-order chi connectivity index (χ0) is 19.8. The molecule has 1 saturated heterocycles. The Labute approximate surface area is 173 Å². The first kappa shape index (κ1) is 18.4. The van der Waals surface area contributed by atoms with Gasteiger partial charge in [0, 0.05) is 37.6 Å². The van der Waals surface area contributed by atoms with Crippen LogP contribution in [0.4, 0.5) is 10.6 Å².